The van der Waals surface area contributed by atoms with Gasteiger partial charge >= 0.3 is 0 Å². The summed E-state index contributed by atoms with van der Waals surface area (Å²) in [5, 5.41) is 3.60. The quantitative estimate of drug-likeness (QED) is 0.879. The first-order valence-electron chi connectivity index (χ1n) is 6.45. The molecule has 1 aromatic rings. The van der Waals surface area contributed by atoms with Crippen molar-refractivity contribution in [2.45, 2.75) is 25.8 Å². The molecule has 0 spiro atoms. The van der Waals surface area contributed by atoms with Crippen molar-refractivity contribution in [3.05, 3.63) is 34.1 Å². The van der Waals surface area contributed by atoms with Crippen LogP contribution in [0.1, 0.15) is 18.9 Å². The van der Waals surface area contributed by atoms with E-state index >= 15 is 0 Å². The van der Waals surface area contributed by atoms with E-state index in [-0.39, 0.29) is 5.82 Å². The molecule has 2 rings (SSSR count). The Bertz CT molecular complexity index is 379. The molecule has 0 aromatic heterocycles. The highest BCUT2D eigenvalue weighted by molar-refractivity contribution is 9.10. The minimum absolute atomic E-state index is 0.150. The van der Waals surface area contributed by atoms with E-state index < -0.39 is 0 Å². The summed E-state index contributed by atoms with van der Waals surface area (Å²) in [7, 11) is 0. The van der Waals surface area contributed by atoms with E-state index in [4.69, 9.17) is 0 Å². The zero-order valence-electron chi connectivity index (χ0n) is 10.6. The Labute approximate surface area is 121 Å². The van der Waals surface area contributed by atoms with Crippen molar-refractivity contribution in [3.8, 4) is 0 Å². The Morgan fingerprint density at radius 3 is 2.94 bits per heavy atom. The molecular weight excluding hydrogens is 313 g/mol. The van der Waals surface area contributed by atoms with Crippen molar-refractivity contribution < 1.29 is 4.39 Å². The highest BCUT2D eigenvalue weighted by Gasteiger charge is 2.27. The van der Waals surface area contributed by atoms with Crippen molar-refractivity contribution >= 4 is 27.7 Å². The molecule has 1 fully saturated rings. The molecule has 1 heterocycles. The van der Waals surface area contributed by atoms with Crippen molar-refractivity contribution in [2.24, 2.45) is 5.92 Å². The number of hydrogen-bond donors (Lipinski definition) is 1. The molecule has 18 heavy (non-hydrogen) atoms. The number of rotatable bonds is 5. The fraction of sp³-hybridized carbons (Fsp3) is 0.571. The van der Waals surface area contributed by atoms with Gasteiger partial charge in [0.2, 0.25) is 0 Å². The van der Waals surface area contributed by atoms with Gasteiger partial charge in [0, 0.05) is 16.3 Å². The summed E-state index contributed by atoms with van der Waals surface area (Å²) >= 11 is 5.36. The van der Waals surface area contributed by atoms with Gasteiger partial charge in [-0.05, 0) is 54.8 Å². The summed E-state index contributed by atoms with van der Waals surface area (Å²) in [6, 6.07) is 5.78. The average Bonchev–Trinajstić information content (AvgIpc) is 2.72. The molecule has 4 heteroatoms. The van der Waals surface area contributed by atoms with Gasteiger partial charge in [-0.3, -0.25) is 0 Å². The van der Waals surface area contributed by atoms with E-state index in [9.17, 15) is 4.39 Å². The van der Waals surface area contributed by atoms with Crippen LogP contribution in [0.25, 0.3) is 0 Å². The Morgan fingerprint density at radius 1 is 1.39 bits per heavy atom. The summed E-state index contributed by atoms with van der Waals surface area (Å²) < 4.78 is 14.2. The lowest BCUT2D eigenvalue weighted by molar-refractivity contribution is 0.424. The molecule has 0 saturated carbocycles. The third-order valence-electron chi connectivity index (χ3n) is 3.28. The van der Waals surface area contributed by atoms with Crippen LogP contribution in [0.5, 0.6) is 0 Å². The summed E-state index contributed by atoms with van der Waals surface area (Å²) in [5.74, 6) is 2.83. The number of halogens is 2. The Hall–Kier alpha value is -0.0600. The van der Waals surface area contributed by atoms with Crippen LogP contribution < -0.4 is 5.32 Å². The highest BCUT2D eigenvalue weighted by Crippen LogP contribution is 2.28. The zero-order valence-corrected chi connectivity index (χ0v) is 13.0. The molecule has 1 saturated heterocycles. The predicted molar refractivity (Wildman–Crippen MR) is 80.7 cm³/mol. The molecule has 2 unspecified atom stereocenters. The monoisotopic (exact) mass is 331 g/mol. The van der Waals surface area contributed by atoms with E-state index in [0.29, 0.717) is 12.0 Å². The third-order valence-corrected chi connectivity index (χ3v) is 4.99. The van der Waals surface area contributed by atoms with Crippen LogP contribution in [0, 0.1) is 11.7 Å². The van der Waals surface area contributed by atoms with Gasteiger partial charge in [-0.2, -0.15) is 11.8 Å². The van der Waals surface area contributed by atoms with Gasteiger partial charge in [0.15, 0.2) is 0 Å². The van der Waals surface area contributed by atoms with E-state index in [2.05, 4.69) is 28.2 Å². The molecule has 0 radical (unpaired) electrons. The predicted octanol–water partition coefficient (Wildman–Crippen LogP) is 3.86. The molecule has 2 atom stereocenters. The average molecular weight is 332 g/mol. The molecule has 1 aliphatic rings. The number of hydrogen-bond acceptors (Lipinski definition) is 2. The molecule has 1 N–H and O–H groups in total. The standard InChI is InChI=1S/C14H19BrFNS/c1-2-3-17-14-9-18-8-11(14)4-10-5-12(15)7-13(16)6-10/h5-7,11,14,17H,2-4,8-9H2,1H3. The maximum atomic E-state index is 13.4. The van der Waals surface area contributed by atoms with Crippen LogP contribution in [0.4, 0.5) is 4.39 Å². The van der Waals surface area contributed by atoms with Gasteiger partial charge in [0.05, 0.1) is 0 Å². The van der Waals surface area contributed by atoms with Crippen LogP contribution in [0.15, 0.2) is 22.7 Å². The topological polar surface area (TPSA) is 12.0 Å². The van der Waals surface area contributed by atoms with Gasteiger partial charge in [-0.1, -0.05) is 22.9 Å². The molecule has 1 aromatic carbocycles. The number of nitrogens with one attached hydrogen (secondary N) is 1. The summed E-state index contributed by atoms with van der Waals surface area (Å²) in [5.41, 5.74) is 1.10. The molecular formula is C14H19BrFNS. The van der Waals surface area contributed by atoms with Gasteiger partial charge in [-0.25, -0.2) is 4.39 Å². The third kappa shape index (κ3) is 3.97. The minimum atomic E-state index is -0.150. The second-order valence-electron chi connectivity index (χ2n) is 4.84. The van der Waals surface area contributed by atoms with Crippen LogP contribution in [0.3, 0.4) is 0 Å². The Balaban J connectivity index is 1.98. The van der Waals surface area contributed by atoms with Crippen LogP contribution in [-0.2, 0) is 6.42 Å². The van der Waals surface area contributed by atoms with Crippen LogP contribution in [-0.4, -0.2) is 24.1 Å². The largest absolute Gasteiger partial charge is 0.313 e. The lowest BCUT2D eigenvalue weighted by Gasteiger charge is -2.20. The molecule has 0 bridgehead atoms. The van der Waals surface area contributed by atoms with Crippen molar-refractivity contribution in [1.29, 1.82) is 0 Å². The number of benzene rings is 1. The highest BCUT2D eigenvalue weighted by atomic mass is 79.9. The molecule has 100 valence electrons. The maximum Gasteiger partial charge on any atom is 0.124 e. The Kier molecular flexibility index (Phi) is 5.52. The lowest BCUT2D eigenvalue weighted by Crippen LogP contribution is -2.36. The maximum absolute atomic E-state index is 13.4. The molecule has 0 aliphatic carbocycles. The van der Waals surface area contributed by atoms with E-state index in [1.54, 1.807) is 6.07 Å². The van der Waals surface area contributed by atoms with Gasteiger partial charge in [0.1, 0.15) is 5.82 Å². The first kappa shape index (κ1) is 14.4. The zero-order chi connectivity index (χ0) is 13.0. The lowest BCUT2D eigenvalue weighted by atomic mass is 9.95. The smallest absolute Gasteiger partial charge is 0.124 e. The fourth-order valence-corrected chi connectivity index (χ4v) is 4.33. The van der Waals surface area contributed by atoms with Crippen LogP contribution in [0.2, 0.25) is 0 Å². The van der Waals surface area contributed by atoms with Crippen molar-refractivity contribution in [3.63, 3.8) is 0 Å². The van der Waals surface area contributed by atoms with E-state index in [1.165, 1.54) is 24.0 Å². The Morgan fingerprint density at radius 2 is 2.22 bits per heavy atom. The first-order chi connectivity index (χ1) is 8.69. The van der Waals surface area contributed by atoms with Gasteiger partial charge in [0.25, 0.3) is 0 Å². The molecule has 0 amide bonds. The number of thioether (sulfide) groups is 1. The first-order valence-corrected chi connectivity index (χ1v) is 8.40. The fourth-order valence-electron chi connectivity index (χ4n) is 2.39. The SMILES string of the molecule is CCCNC1CSCC1Cc1cc(F)cc(Br)c1. The molecule has 1 aliphatic heterocycles. The van der Waals surface area contributed by atoms with E-state index in [1.807, 2.05) is 17.8 Å². The second-order valence-corrected chi connectivity index (χ2v) is 6.83. The van der Waals surface area contributed by atoms with Crippen molar-refractivity contribution in [1.82, 2.24) is 5.32 Å². The summed E-state index contributed by atoms with van der Waals surface area (Å²) in [4.78, 5) is 0. The van der Waals surface area contributed by atoms with E-state index in [0.717, 1.165) is 23.0 Å². The minimum Gasteiger partial charge on any atom is -0.313 e. The van der Waals surface area contributed by atoms with Crippen molar-refractivity contribution in [2.75, 3.05) is 18.1 Å². The second kappa shape index (κ2) is 6.92. The molecule has 1 nitrogen and oxygen atoms in total. The summed E-state index contributed by atoms with van der Waals surface area (Å²) in [6.45, 7) is 3.27. The summed E-state index contributed by atoms with van der Waals surface area (Å²) in [6.07, 6.45) is 2.13. The van der Waals surface area contributed by atoms with Crippen LogP contribution >= 0.6 is 27.7 Å². The van der Waals surface area contributed by atoms with Gasteiger partial charge < -0.3 is 5.32 Å². The normalized spacial score (nSPS) is 23.5. The van der Waals surface area contributed by atoms with Gasteiger partial charge in [-0.15, -0.1) is 0 Å².